The van der Waals surface area contributed by atoms with Crippen LogP contribution >= 0.6 is 11.6 Å². The van der Waals surface area contributed by atoms with Crippen LogP contribution < -0.4 is 4.74 Å². The van der Waals surface area contributed by atoms with Gasteiger partial charge in [0.15, 0.2) is 0 Å². The minimum atomic E-state index is -3.50. The van der Waals surface area contributed by atoms with E-state index in [0.29, 0.717) is 54.8 Å². The van der Waals surface area contributed by atoms with Crippen molar-refractivity contribution < 1.29 is 17.9 Å². The smallest absolute Gasteiger partial charge is 0.243 e. The molecule has 0 atom stereocenters. The van der Waals surface area contributed by atoms with Crippen LogP contribution in [0.25, 0.3) is 0 Å². The van der Waals surface area contributed by atoms with E-state index in [9.17, 15) is 8.42 Å². The molecule has 0 saturated carbocycles. The first-order valence-corrected chi connectivity index (χ1v) is 8.38. The van der Waals surface area contributed by atoms with Crippen molar-refractivity contribution in [3.05, 3.63) is 23.8 Å². The topological polar surface area (TPSA) is 55.8 Å². The van der Waals surface area contributed by atoms with Crippen molar-refractivity contribution in [1.82, 2.24) is 4.31 Å². The fraction of sp³-hybridized carbons (Fsp3) is 0.538. The Morgan fingerprint density at radius 3 is 2.65 bits per heavy atom. The standard InChI is InChI=1S/C13H18ClNO4S/c1-18-12-2-3-13(11(10-12)4-5-14)20(16,17)15-6-8-19-9-7-15/h2-3,10H,4-9H2,1H3. The Kier molecular flexibility index (Phi) is 5.26. The highest BCUT2D eigenvalue weighted by Gasteiger charge is 2.28. The number of hydrogen-bond donors (Lipinski definition) is 0. The van der Waals surface area contributed by atoms with Crippen molar-refractivity contribution in [2.75, 3.05) is 39.3 Å². The fourth-order valence-corrected chi connectivity index (χ4v) is 4.00. The molecular formula is C13H18ClNO4S. The Labute approximate surface area is 124 Å². The van der Waals surface area contributed by atoms with Crippen LogP contribution in [0, 0.1) is 0 Å². The second-order valence-electron chi connectivity index (χ2n) is 4.43. The number of benzene rings is 1. The van der Waals surface area contributed by atoms with Crippen LogP contribution in [0.15, 0.2) is 23.1 Å². The molecular weight excluding hydrogens is 302 g/mol. The van der Waals surface area contributed by atoms with Gasteiger partial charge < -0.3 is 9.47 Å². The largest absolute Gasteiger partial charge is 0.497 e. The summed E-state index contributed by atoms with van der Waals surface area (Å²) in [5.74, 6) is 0.991. The van der Waals surface area contributed by atoms with Gasteiger partial charge >= 0.3 is 0 Å². The first-order chi connectivity index (χ1) is 9.59. The molecule has 5 nitrogen and oxygen atoms in total. The van der Waals surface area contributed by atoms with E-state index in [1.54, 1.807) is 25.3 Å². The van der Waals surface area contributed by atoms with E-state index in [2.05, 4.69) is 0 Å². The Hall–Kier alpha value is -0.820. The van der Waals surface area contributed by atoms with Gasteiger partial charge in [0, 0.05) is 19.0 Å². The van der Waals surface area contributed by atoms with Crippen molar-refractivity contribution in [2.45, 2.75) is 11.3 Å². The van der Waals surface area contributed by atoms with Crippen LogP contribution in [-0.4, -0.2) is 52.0 Å². The summed E-state index contributed by atoms with van der Waals surface area (Å²) >= 11 is 5.77. The molecule has 0 N–H and O–H groups in total. The number of nitrogens with zero attached hydrogens (tertiary/aromatic N) is 1. The highest BCUT2D eigenvalue weighted by molar-refractivity contribution is 7.89. The lowest BCUT2D eigenvalue weighted by atomic mass is 10.1. The van der Waals surface area contributed by atoms with E-state index in [-0.39, 0.29) is 0 Å². The van der Waals surface area contributed by atoms with Crippen LogP contribution in [0.4, 0.5) is 0 Å². The SMILES string of the molecule is COc1ccc(S(=O)(=O)N2CCOCC2)c(CCCl)c1. The van der Waals surface area contributed by atoms with Gasteiger partial charge in [0.1, 0.15) is 5.75 Å². The Bertz CT molecular complexity index is 555. The van der Waals surface area contributed by atoms with Gasteiger partial charge in [0.25, 0.3) is 0 Å². The normalized spacial score (nSPS) is 17.1. The number of alkyl halides is 1. The maximum atomic E-state index is 12.7. The maximum absolute atomic E-state index is 12.7. The van der Waals surface area contributed by atoms with Gasteiger partial charge in [0.05, 0.1) is 25.2 Å². The third kappa shape index (κ3) is 3.25. The lowest BCUT2D eigenvalue weighted by Crippen LogP contribution is -2.40. The van der Waals surface area contributed by atoms with Crippen molar-refractivity contribution >= 4 is 21.6 Å². The number of hydrogen-bond acceptors (Lipinski definition) is 4. The molecule has 2 rings (SSSR count). The molecule has 1 aromatic rings. The van der Waals surface area contributed by atoms with Crippen molar-refractivity contribution in [2.24, 2.45) is 0 Å². The van der Waals surface area contributed by atoms with E-state index in [1.165, 1.54) is 4.31 Å². The van der Waals surface area contributed by atoms with Gasteiger partial charge in [-0.2, -0.15) is 4.31 Å². The summed E-state index contributed by atoms with van der Waals surface area (Å²) in [4.78, 5) is 0.306. The number of rotatable bonds is 5. The third-order valence-corrected chi connectivity index (χ3v) is 5.41. The molecule has 0 bridgehead atoms. The molecule has 1 aliphatic rings. The quantitative estimate of drug-likeness (QED) is 0.772. The van der Waals surface area contributed by atoms with Crippen LogP contribution in [0.5, 0.6) is 5.75 Å². The number of methoxy groups -OCH3 is 1. The van der Waals surface area contributed by atoms with E-state index in [4.69, 9.17) is 21.1 Å². The van der Waals surface area contributed by atoms with E-state index in [1.807, 2.05) is 0 Å². The highest BCUT2D eigenvalue weighted by atomic mass is 35.5. The summed E-state index contributed by atoms with van der Waals surface area (Å²) in [6.45, 7) is 1.63. The maximum Gasteiger partial charge on any atom is 0.243 e. The van der Waals surface area contributed by atoms with Gasteiger partial charge in [-0.1, -0.05) is 0 Å². The number of sulfonamides is 1. The third-order valence-electron chi connectivity index (χ3n) is 3.22. The zero-order valence-corrected chi connectivity index (χ0v) is 12.9. The molecule has 0 amide bonds. The van der Waals surface area contributed by atoms with Crippen LogP contribution in [0.2, 0.25) is 0 Å². The fourth-order valence-electron chi connectivity index (χ4n) is 2.16. The summed E-state index contributed by atoms with van der Waals surface area (Å²) in [5, 5.41) is 0. The van der Waals surface area contributed by atoms with Gasteiger partial charge in [0.2, 0.25) is 10.0 Å². The summed E-state index contributed by atoms with van der Waals surface area (Å²) in [5.41, 5.74) is 0.686. The number of aryl methyl sites for hydroxylation is 1. The van der Waals surface area contributed by atoms with Crippen LogP contribution in [0.3, 0.4) is 0 Å². The van der Waals surface area contributed by atoms with Gasteiger partial charge in [-0.15, -0.1) is 11.6 Å². The van der Waals surface area contributed by atoms with Gasteiger partial charge in [-0.05, 0) is 30.2 Å². The van der Waals surface area contributed by atoms with Crippen molar-refractivity contribution in [1.29, 1.82) is 0 Å². The molecule has 0 unspecified atom stereocenters. The summed E-state index contributed by atoms with van der Waals surface area (Å²) in [6.07, 6.45) is 0.484. The molecule has 0 aliphatic carbocycles. The molecule has 1 heterocycles. The molecule has 20 heavy (non-hydrogen) atoms. The predicted molar refractivity (Wildman–Crippen MR) is 77.0 cm³/mol. The summed E-state index contributed by atoms with van der Waals surface area (Å²) in [7, 11) is -1.95. The summed E-state index contributed by atoms with van der Waals surface area (Å²) in [6, 6.07) is 4.98. The van der Waals surface area contributed by atoms with Gasteiger partial charge in [-0.3, -0.25) is 0 Å². The average Bonchev–Trinajstić information content (AvgIpc) is 2.48. The minimum absolute atomic E-state index is 0.306. The monoisotopic (exact) mass is 319 g/mol. The highest BCUT2D eigenvalue weighted by Crippen LogP contribution is 2.26. The lowest BCUT2D eigenvalue weighted by molar-refractivity contribution is 0.0730. The van der Waals surface area contributed by atoms with Crippen molar-refractivity contribution in [3.8, 4) is 5.75 Å². The molecule has 1 aliphatic heterocycles. The van der Waals surface area contributed by atoms with Crippen molar-refractivity contribution in [3.63, 3.8) is 0 Å². The number of morpholine rings is 1. The first-order valence-electron chi connectivity index (χ1n) is 6.40. The molecule has 112 valence electrons. The molecule has 1 fully saturated rings. The number of halogens is 1. The first kappa shape index (κ1) is 15.6. The molecule has 0 aromatic heterocycles. The van der Waals surface area contributed by atoms with Crippen LogP contribution in [-0.2, 0) is 21.2 Å². The number of ether oxygens (including phenoxy) is 2. The van der Waals surface area contributed by atoms with E-state index in [0.717, 1.165) is 0 Å². The predicted octanol–water partition coefficient (Wildman–Crippen LogP) is 1.50. The Balaban J connectivity index is 2.39. The molecule has 1 saturated heterocycles. The zero-order chi connectivity index (χ0) is 14.6. The van der Waals surface area contributed by atoms with Gasteiger partial charge in [-0.25, -0.2) is 8.42 Å². The Morgan fingerprint density at radius 2 is 2.05 bits per heavy atom. The average molecular weight is 320 g/mol. The second-order valence-corrected chi connectivity index (χ2v) is 6.71. The zero-order valence-electron chi connectivity index (χ0n) is 11.3. The lowest BCUT2D eigenvalue weighted by Gasteiger charge is -2.27. The van der Waals surface area contributed by atoms with E-state index < -0.39 is 10.0 Å². The van der Waals surface area contributed by atoms with Crippen LogP contribution in [0.1, 0.15) is 5.56 Å². The Morgan fingerprint density at radius 1 is 1.35 bits per heavy atom. The molecule has 0 spiro atoms. The van der Waals surface area contributed by atoms with E-state index >= 15 is 0 Å². The molecule has 1 aromatic carbocycles. The molecule has 0 radical (unpaired) electrons. The second kappa shape index (κ2) is 6.76. The molecule has 7 heteroatoms. The minimum Gasteiger partial charge on any atom is -0.497 e. The summed E-state index contributed by atoms with van der Waals surface area (Å²) < 4.78 is 37.1.